The molecule has 122 valence electrons. The zero-order valence-electron chi connectivity index (χ0n) is 13.6. The maximum Gasteiger partial charge on any atom is 0.265 e. The standard InChI is InChI=1S/C19H18N2O2S/c1-13-6-5-7-14(10-13)12-20-18(22)11-17-19(23)21(2)15-8-3-4-9-16(15)24-17/h3-11H,12H2,1-2H3,(H,20,22)/b17-11+. The van der Waals surface area contributed by atoms with Gasteiger partial charge in [0.1, 0.15) is 0 Å². The number of likely N-dealkylation sites (N-methyl/N-ethyl adjacent to an activating group) is 1. The van der Waals surface area contributed by atoms with Gasteiger partial charge in [-0.15, -0.1) is 0 Å². The van der Waals surface area contributed by atoms with E-state index in [1.165, 1.54) is 17.8 Å². The summed E-state index contributed by atoms with van der Waals surface area (Å²) in [6, 6.07) is 15.6. The number of aryl methyl sites for hydroxylation is 1. The summed E-state index contributed by atoms with van der Waals surface area (Å²) in [6.45, 7) is 2.45. The Balaban J connectivity index is 1.71. The fourth-order valence-corrected chi connectivity index (χ4v) is 3.61. The Morgan fingerprint density at radius 2 is 2.00 bits per heavy atom. The molecule has 1 N–H and O–H groups in total. The minimum atomic E-state index is -0.264. The number of hydrogen-bond donors (Lipinski definition) is 1. The van der Waals surface area contributed by atoms with Crippen LogP contribution in [-0.2, 0) is 16.1 Å². The van der Waals surface area contributed by atoms with Crippen molar-refractivity contribution in [3.63, 3.8) is 0 Å². The van der Waals surface area contributed by atoms with Crippen molar-refractivity contribution in [1.82, 2.24) is 5.32 Å². The van der Waals surface area contributed by atoms with E-state index in [9.17, 15) is 9.59 Å². The summed E-state index contributed by atoms with van der Waals surface area (Å²) >= 11 is 1.33. The highest BCUT2D eigenvalue weighted by molar-refractivity contribution is 8.04. The molecule has 2 aromatic rings. The lowest BCUT2D eigenvalue weighted by atomic mass is 10.1. The van der Waals surface area contributed by atoms with Gasteiger partial charge in [-0.3, -0.25) is 9.59 Å². The number of carbonyl (C=O) groups is 2. The number of rotatable bonds is 3. The Hall–Kier alpha value is -2.53. The largest absolute Gasteiger partial charge is 0.348 e. The van der Waals surface area contributed by atoms with Gasteiger partial charge in [-0.2, -0.15) is 0 Å². The maximum absolute atomic E-state index is 12.4. The smallest absolute Gasteiger partial charge is 0.265 e. The molecule has 2 amide bonds. The van der Waals surface area contributed by atoms with Crippen LogP contribution in [0.4, 0.5) is 5.69 Å². The average molecular weight is 338 g/mol. The molecule has 0 aliphatic carbocycles. The molecule has 0 bridgehead atoms. The van der Waals surface area contributed by atoms with Crippen molar-refractivity contribution in [2.45, 2.75) is 18.4 Å². The third-order valence-electron chi connectivity index (χ3n) is 3.77. The number of anilines is 1. The van der Waals surface area contributed by atoms with E-state index in [0.29, 0.717) is 11.4 Å². The van der Waals surface area contributed by atoms with Gasteiger partial charge < -0.3 is 10.2 Å². The lowest BCUT2D eigenvalue weighted by molar-refractivity contribution is -0.118. The second kappa shape index (κ2) is 6.93. The van der Waals surface area contributed by atoms with Crippen LogP contribution in [-0.4, -0.2) is 18.9 Å². The fourth-order valence-electron chi connectivity index (χ4n) is 2.53. The van der Waals surface area contributed by atoms with Gasteiger partial charge in [-0.25, -0.2) is 0 Å². The van der Waals surface area contributed by atoms with E-state index in [1.807, 2.05) is 55.5 Å². The van der Waals surface area contributed by atoms with Crippen LogP contribution in [0.25, 0.3) is 0 Å². The van der Waals surface area contributed by atoms with E-state index < -0.39 is 0 Å². The molecule has 5 heteroatoms. The van der Waals surface area contributed by atoms with Gasteiger partial charge in [0.05, 0.1) is 10.6 Å². The summed E-state index contributed by atoms with van der Waals surface area (Å²) in [5.74, 6) is -0.426. The average Bonchev–Trinajstić information content (AvgIpc) is 2.58. The lowest BCUT2D eigenvalue weighted by Crippen LogP contribution is -2.31. The van der Waals surface area contributed by atoms with Crippen LogP contribution in [0.15, 0.2) is 64.4 Å². The molecule has 3 rings (SSSR count). The van der Waals surface area contributed by atoms with Crippen LogP contribution >= 0.6 is 11.8 Å². The number of thioether (sulfide) groups is 1. The molecular weight excluding hydrogens is 320 g/mol. The first-order valence-electron chi connectivity index (χ1n) is 7.64. The quantitative estimate of drug-likeness (QED) is 0.874. The van der Waals surface area contributed by atoms with E-state index in [4.69, 9.17) is 0 Å². The van der Waals surface area contributed by atoms with Crippen LogP contribution in [0.5, 0.6) is 0 Å². The van der Waals surface area contributed by atoms with Crippen LogP contribution in [0.3, 0.4) is 0 Å². The second-order valence-corrected chi connectivity index (χ2v) is 6.73. The summed E-state index contributed by atoms with van der Waals surface area (Å²) in [4.78, 5) is 27.5. The Morgan fingerprint density at radius 3 is 2.79 bits per heavy atom. The number of carbonyl (C=O) groups excluding carboxylic acids is 2. The molecule has 1 heterocycles. The van der Waals surface area contributed by atoms with Crippen LogP contribution in [0.2, 0.25) is 0 Å². The number of nitrogens with zero attached hydrogens (tertiary/aromatic N) is 1. The van der Waals surface area contributed by atoms with Crippen molar-refractivity contribution in [3.8, 4) is 0 Å². The van der Waals surface area contributed by atoms with Crippen molar-refractivity contribution in [3.05, 3.63) is 70.6 Å². The lowest BCUT2D eigenvalue weighted by Gasteiger charge is -2.26. The molecule has 0 saturated heterocycles. The molecule has 0 unspecified atom stereocenters. The minimum Gasteiger partial charge on any atom is -0.348 e. The molecule has 24 heavy (non-hydrogen) atoms. The summed E-state index contributed by atoms with van der Waals surface area (Å²) < 4.78 is 0. The predicted molar refractivity (Wildman–Crippen MR) is 96.8 cm³/mol. The Bertz CT molecular complexity index is 830. The molecular formula is C19H18N2O2S. The molecule has 4 nitrogen and oxygen atoms in total. The third-order valence-corrected chi connectivity index (χ3v) is 4.85. The molecule has 0 saturated carbocycles. The van der Waals surface area contributed by atoms with Gasteiger partial charge in [0.15, 0.2) is 0 Å². The van der Waals surface area contributed by atoms with Crippen LogP contribution in [0.1, 0.15) is 11.1 Å². The van der Waals surface area contributed by atoms with E-state index >= 15 is 0 Å². The molecule has 1 aliphatic rings. The second-order valence-electron chi connectivity index (χ2n) is 5.65. The SMILES string of the molecule is Cc1cccc(CNC(=O)/C=C2/Sc3ccccc3N(C)C2=O)c1. The maximum atomic E-state index is 12.4. The van der Waals surface area contributed by atoms with Gasteiger partial charge in [-0.05, 0) is 24.6 Å². The minimum absolute atomic E-state index is 0.163. The molecule has 0 aromatic heterocycles. The summed E-state index contributed by atoms with van der Waals surface area (Å²) in [5.41, 5.74) is 3.05. The number of benzene rings is 2. The topological polar surface area (TPSA) is 49.4 Å². The summed E-state index contributed by atoms with van der Waals surface area (Å²) in [5, 5.41) is 2.83. The van der Waals surface area contributed by atoms with Crippen LogP contribution in [0, 0.1) is 6.92 Å². The summed E-state index contributed by atoms with van der Waals surface area (Å²) in [7, 11) is 1.72. The highest BCUT2D eigenvalue weighted by Crippen LogP contribution is 2.40. The van der Waals surface area contributed by atoms with Crippen molar-refractivity contribution in [1.29, 1.82) is 0 Å². The van der Waals surface area contributed by atoms with Gasteiger partial charge >= 0.3 is 0 Å². The zero-order chi connectivity index (χ0) is 17.1. The first kappa shape index (κ1) is 16.3. The molecule has 0 fully saturated rings. The zero-order valence-corrected chi connectivity index (χ0v) is 14.4. The molecule has 0 spiro atoms. The van der Waals surface area contributed by atoms with Crippen LogP contribution < -0.4 is 10.2 Å². The van der Waals surface area contributed by atoms with Gasteiger partial charge in [0, 0.05) is 24.6 Å². The van der Waals surface area contributed by atoms with Gasteiger partial charge in [0.25, 0.3) is 5.91 Å². The van der Waals surface area contributed by atoms with Gasteiger partial charge in [0.2, 0.25) is 5.91 Å². The Morgan fingerprint density at radius 1 is 1.21 bits per heavy atom. The molecule has 1 aliphatic heterocycles. The number of para-hydroxylation sites is 1. The van der Waals surface area contributed by atoms with Crippen molar-refractivity contribution in [2.75, 3.05) is 11.9 Å². The van der Waals surface area contributed by atoms with E-state index in [0.717, 1.165) is 21.7 Å². The third kappa shape index (κ3) is 3.51. The molecule has 0 radical (unpaired) electrons. The van der Waals surface area contributed by atoms with Crippen molar-refractivity contribution >= 4 is 29.3 Å². The van der Waals surface area contributed by atoms with E-state index in [2.05, 4.69) is 5.32 Å². The van der Waals surface area contributed by atoms with Crippen molar-refractivity contribution < 1.29 is 9.59 Å². The number of amides is 2. The van der Waals surface area contributed by atoms with E-state index in [1.54, 1.807) is 11.9 Å². The fraction of sp³-hybridized carbons (Fsp3) is 0.158. The molecule has 0 atom stereocenters. The number of fused-ring (bicyclic) bond motifs is 1. The van der Waals surface area contributed by atoms with Gasteiger partial charge in [-0.1, -0.05) is 53.7 Å². The normalized spacial score (nSPS) is 15.3. The Labute approximate surface area is 145 Å². The number of nitrogens with one attached hydrogen (secondary N) is 1. The summed E-state index contributed by atoms with van der Waals surface area (Å²) in [6.07, 6.45) is 1.38. The highest BCUT2D eigenvalue weighted by atomic mass is 32.2. The Kier molecular flexibility index (Phi) is 4.71. The first-order chi connectivity index (χ1) is 11.5. The van der Waals surface area contributed by atoms with E-state index in [-0.39, 0.29) is 11.8 Å². The first-order valence-corrected chi connectivity index (χ1v) is 8.46. The number of hydrogen-bond acceptors (Lipinski definition) is 3. The monoisotopic (exact) mass is 338 g/mol. The molecule has 2 aromatic carbocycles. The predicted octanol–water partition coefficient (Wildman–Crippen LogP) is 3.26. The highest BCUT2D eigenvalue weighted by Gasteiger charge is 2.26. The van der Waals surface area contributed by atoms with Crippen molar-refractivity contribution in [2.24, 2.45) is 0 Å².